The minimum absolute atomic E-state index is 0.171. The minimum Gasteiger partial charge on any atom is -0.508 e. The molecule has 0 aliphatic carbocycles. The quantitative estimate of drug-likeness (QED) is 0.207. The molecule has 0 aromatic heterocycles. The number of fused-ring (bicyclic) bond motifs is 1. The zero-order chi connectivity index (χ0) is 29.3. The molecule has 0 unspecified atom stereocenters. The Labute approximate surface area is 238 Å². The van der Waals surface area contributed by atoms with E-state index in [0.717, 1.165) is 35.6 Å². The third-order valence-electron chi connectivity index (χ3n) is 6.44. The molecule has 3 aromatic rings. The maximum atomic E-state index is 12.9. The van der Waals surface area contributed by atoms with Crippen LogP contribution in [0.5, 0.6) is 5.75 Å². The van der Waals surface area contributed by atoms with E-state index < -0.39 is 6.04 Å². The summed E-state index contributed by atoms with van der Waals surface area (Å²) >= 11 is 0. The topological polar surface area (TPSA) is 108 Å². The van der Waals surface area contributed by atoms with Gasteiger partial charge in [0.25, 0.3) is 0 Å². The Morgan fingerprint density at radius 2 is 1.57 bits per heavy atom. The van der Waals surface area contributed by atoms with E-state index in [1.54, 1.807) is 12.1 Å². The van der Waals surface area contributed by atoms with Crippen molar-refractivity contribution in [1.82, 2.24) is 16.0 Å². The molecule has 0 aliphatic heterocycles. The number of benzene rings is 3. The van der Waals surface area contributed by atoms with Crippen molar-refractivity contribution in [3.63, 3.8) is 0 Å². The van der Waals surface area contributed by atoms with Crippen LogP contribution in [0.4, 0.5) is 0 Å². The van der Waals surface area contributed by atoms with Gasteiger partial charge in [0.05, 0.1) is 6.54 Å². The number of aryl methyl sites for hydroxylation is 1. The highest BCUT2D eigenvalue weighted by molar-refractivity contribution is 5.89. The first-order chi connectivity index (χ1) is 19.2. The number of aromatic hydroxyl groups is 1. The van der Waals surface area contributed by atoms with Crippen LogP contribution in [0.2, 0.25) is 0 Å². The van der Waals surface area contributed by atoms with Gasteiger partial charge in [0.1, 0.15) is 17.6 Å². The van der Waals surface area contributed by atoms with Crippen molar-refractivity contribution in [3.05, 3.63) is 77.9 Å². The highest BCUT2D eigenvalue weighted by atomic mass is 16.3. The average molecular weight is 548 g/mol. The molecular formula is C33H45N3O4. The summed E-state index contributed by atoms with van der Waals surface area (Å²) in [7, 11) is 0. The van der Waals surface area contributed by atoms with Crippen LogP contribution < -0.4 is 16.0 Å². The van der Waals surface area contributed by atoms with Crippen molar-refractivity contribution in [1.29, 1.82) is 0 Å². The lowest BCUT2D eigenvalue weighted by atomic mass is 10.0. The minimum atomic E-state index is -0.640. The fourth-order valence-corrected chi connectivity index (χ4v) is 4.03. The van der Waals surface area contributed by atoms with E-state index in [2.05, 4.69) is 28.1 Å². The Morgan fingerprint density at radius 3 is 2.23 bits per heavy atom. The van der Waals surface area contributed by atoms with Crippen molar-refractivity contribution < 1.29 is 19.5 Å². The second kappa shape index (κ2) is 17.8. The van der Waals surface area contributed by atoms with Gasteiger partial charge in [-0.2, -0.15) is 0 Å². The van der Waals surface area contributed by atoms with Gasteiger partial charge in [0.15, 0.2) is 0 Å². The zero-order valence-corrected chi connectivity index (χ0v) is 24.3. The van der Waals surface area contributed by atoms with Gasteiger partial charge < -0.3 is 21.1 Å². The fraction of sp³-hybridized carbons (Fsp3) is 0.424. The van der Waals surface area contributed by atoms with E-state index in [1.165, 1.54) is 5.56 Å². The van der Waals surface area contributed by atoms with Crippen molar-refractivity contribution in [2.45, 2.75) is 78.3 Å². The number of amides is 2. The standard InChI is InChI=1S/C26H37N3O3.C7H8O/c1-4-23(30)12-6-5-9-15-27-26(32)24(29-25(31)18-28-19(2)3)17-20-13-14-21-10-7-8-11-22(21)16-20;1-6-2-4-7(8)5-3-6/h7-8,10-11,13-14,16,19,24,28H,4-6,9,12,15,17-18H2,1-3H3,(H,27,32)(H,29,31);2-5,8H,1H3/t24-;/m0./s1. The third kappa shape index (κ3) is 12.9. The molecule has 3 aromatic carbocycles. The van der Waals surface area contributed by atoms with Crippen molar-refractivity contribution in [3.8, 4) is 5.75 Å². The van der Waals surface area contributed by atoms with Gasteiger partial charge in [0, 0.05) is 31.8 Å². The first-order valence-corrected chi connectivity index (χ1v) is 14.2. The fourth-order valence-electron chi connectivity index (χ4n) is 4.03. The molecule has 0 fully saturated rings. The molecule has 3 rings (SSSR count). The Kier molecular flexibility index (Phi) is 14.5. The molecule has 40 heavy (non-hydrogen) atoms. The second-order valence-corrected chi connectivity index (χ2v) is 10.4. The summed E-state index contributed by atoms with van der Waals surface area (Å²) in [6, 6.07) is 20.8. The maximum absolute atomic E-state index is 12.9. The summed E-state index contributed by atoms with van der Waals surface area (Å²) in [5, 5.41) is 19.9. The van der Waals surface area contributed by atoms with E-state index in [0.29, 0.717) is 31.6 Å². The molecule has 7 heteroatoms. The molecule has 0 radical (unpaired) electrons. The van der Waals surface area contributed by atoms with Crippen LogP contribution in [0.1, 0.15) is 64.0 Å². The normalized spacial score (nSPS) is 11.4. The number of rotatable bonds is 14. The first kappa shape index (κ1) is 32.5. The van der Waals surface area contributed by atoms with Gasteiger partial charge in [0.2, 0.25) is 11.8 Å². The molecule has 0 saturated carbocycles. The number of carbonyl (C=O) groups is 3. The molecule has 0 heterocycles. The predicted molar refractivity (Wildman–Crippen MR) is 162 cm³/mol. The number of phenols is 1. The zero-order valence-electron chi connectivity index (χ0n) is 24.3. The number of unbranched alkanes of at least 4 members (excludes halogenated alkanes) is 2. The summed E-state index contributed by atoms with van der Waals surface area (Å²) in [5.41, 5.74) is 2.17. The van der Waals surface area contributed by atoms with Gasteiger partial charge >= 0.3 is 0 Å². The molecule has 216 valence electrons. The van der Waals surface area contributed by atoms with Crippen LogP contribution in [0.25, 0.3) is 10.8 Å². The van der Waals surface area contributed by atoms with E-state index in [4.69, 9.17) is 5.11 Å². The second-order valence-electron chi connectivity index (χ2n) is 10.4. The van der Waals surface area contributed by atoms with Crippen molar-refractivity contribution in [2.75, 3.05) is 13.1 Å². The largest absolute Gasteiger partial charge is 0.508 e. The Bertz CT molecular complexity index is 1190. The molecule has 1 atom stereocenters. The number of hydrogen-bond donors (Lipinski definition) is 4. The monoisotopic (exact) mass is 547 g/mol. The maximum Gasteiger partial charge on any atom is 0.242 e. The summed E-state index contributed by atoms with van der Waals surface area (Å²) < 4.78 is 0. The molecule has 0 saturated heterocycles. The van der Waals surface area contributed by atoms with Crippen LogP contribution in [0.15, 0.2) is 66.7 Å². The molecule has 7 nitrogen and oxygen atoms in total. The molecule has 4 N–H and O–H groups in total. The van der Waals surface area contributed by atoms with E-state index >= 15 is 0 Å². The molecular weight excluding hydrogens is 502 g/mol. The summed E-state index contributed by atoms with van der Waals surface area (Å²) in [4.78, 5) is 36.6. The summed E-state index contributed by atoms with van der Waals surface area (Å²) in [6.07, 6.45) is 4.17. The van der Waals surface area contributed by atoms with Crippen molar-refractivity contribution >= 4 is 28.4 Å². The van der Waals surface area contributed by atoms with Gasteiger partial charge in [-0.25, -0.2) is 0 Å². The number of nitrogens with one attached hydrogen (secondary N) is 3. The van der Waals surface area contributed by atoms with Crippen molar-refractivity contribution in [2.24, 2.45) is 0 Å². The van der Waals surface area contributed by atoms with Gasteiger partial charge in [-0.15, -0.1) is 0 Å². The highest BCUT2D eigenvalue weighted by Crippen LogP contribution is 2.17. The number of ketones is 1. The summed E-state index contributed by atoms with van der Waals surface area (Å²) in [5.74, 6) is 0.233. The molecule has 0 bridgehead atoms. The lowest BCUT2D eigenvalue weighted by Crippen LogP contribution is -2.50. The molecule has 0 spiro atoms. The smallest absolute Gasteiger partial charge is 0.242 e. The van der Waals surface area contributed by atoms with E-state index in [9.17, 15) is 14.4 Å². The highest BCUT2D eigenvalue weighted by Gasteiger charge is 2.21. The summed E-state index contributed by atoms with van der Waals surface area (Å²) in [6.45, 7) is 8.52. The van der Waals surface area contributed by atoms with Gasteiger partial charge in [-0.1, -0.05) is 87.4 Å². The lowest BCUT2D eigenvalue weighted by molar-refractivity contribution is -0.128. The van der Waals surface area contributed by atoms with Gasteiger partial charge in [-0.3, -0.25) is 14.4 Å². The SMILES string of the molecule is CCC(=O)CCCCCNC(=O)[C@H](Cc1ccc2ccccc2c1)NC(=O)CNC(C)C.Cc1ccc(O)cc1. The van der Waals surface area contributed by atoms with E-state index in [-0.39, 0.29) is 30.2 Å². The van der Waals surface area contributed by atoms with Crippen LogP contribution in [-0.4, -0.2) is 47.9 Å². The van der Waals surface area contributed by atoms with Crippen LogP contribution in [0.3, 0.4) is 0 Å². The lowest BCUT2D eigenvalue weighted by Gasteiger charge is -2.20. The molecule has 0 aliphatic rings. The number of hydrogen-bond acceptors (Lipinski definition) is 5. The van der Waals surface area contributed by atoms with Crippen LogP contribution >= 0.6 is 0 Å². The number of Topliss-reactive ketones (excluding diaryl/α,β-unsaturated/α-hetero) is 1. The van der Waals surface area contributed by atoms with Crippen LogP contribution in [-0.2, 0) is 20.8 Å². The van der Waals surface area contributed by atoms with Crippen LogP contribution in [0, 0.1) is 6.92 Å². The Hall–Kier alpha value is -3.71. The number of phenolic OH excluding ortho intramolecular Hbond substituents is 1. The average Bonchev–Trinajstić information content (AvgIpc) is 2.95. The Morgan fingerprint density at radius 1 is 0.875 bits per heavy atom. The third-order valence-corrected chi connectivity index (χ3v) is 6.44. The van der Waals surface area contributed by atoms with E-state index in [1.807, 2.05) is 70.2 Å². The number of carbonyl (C=O) groups excluding carboxylic acids is 3. The predicted octanol–water partition coefficient (Wildman–Crippen LogP) is 5.22. The van der Waals surface area contributed by atoms with Gasteiger partial charge in [-0.05, 0) is 48.2 Å². The Balaban J connectivity index is 0.000000598. The first-order valence-electron chi connectivity index (χ1n) is 14.2. The molecule has 2 amide bonds.